The maximum atomic E-state index is 12.2. The summed E-state index contributed by atoms with van der Waals surface area (Å²) in [6.45, 7) is 0. The molecule has 2 aromatic rings. The van der Waals surface area contributed by atoms with Gasteiger partial charge in [-0.05, 0) is 17.7 Å². The van der Waals surface area contributed by atoms with Crippen molar-refractivity contribution in [2.24, 2.45) is 0 Å². The highest BCUT2D eigenvalue weighted by Gasteiger charge is 2.46. The molecule has 20 heavy (non-hydrogen) atoms. The van der Waals surface area contributed by atoms with Crippen LogP contribution in [0.25, 0.3) is 0 Å². The lowest BCUT2D eigenvalue weighted by atomic mass is 10.1. The first-order valence-corrected chi connectivity index (χ1v) is 8.31. The Morgan fingerprint density at radius 2 is 1.55 bits per heavy atom. The normalized spacial score (nSPS) is 15.2. The number of aliphatic carboxylic acids is 1. The van der Waals surface area contributed by atoms with Crippen molar-refractivity contribution < 1.29 is 14.1 Å². The van der Waals surface area contributed by atoms with Crippen molar-refractivity contribution >= 4 is 28.5 Å². The zero-order valence-corrected chi connectivity index (χ0v) is 12.5. The first-order chi connectivity index (χ1) is 9.57. The van der Waals surface area contributed by atoms with Gasteiger partial charge in [0, 0.05) is 11.2 Å². The second kappa shape index (κ2) is 6.24. The largest absolute Gasteiger partial charge is 0.479 e. The Kier molecular flexibility index (Phi) is 4.62. The third-order valence-corrected chi connectivity index (χ3v) is 6.22. The van der Waals surface area contributed by atoms with Gasteiger partial charge in [-0.15, -0.1) is 0 Å². The number of rotatable bonds is 5. The van der Waals surface area contributed by atoms with Crippen LogP contribution >= 0.6 is 11.8 Å². The minimum atomic E-state index is -1.58. The van der Waals surface area contributed by atoms with Crippen LogP contribution in [-0.4, -0.2) is 21.5 Å². The van der Waals surface area contributed by atoms with Gasteiger partial charge in [-0.25, -0.2) is 4.79 Å². The fraction of sp³-hybridized carbons (Fsp3) is 0.133. The molecule has 0 heterocycles. The summed E-state index contributed by atoms with van der Waals surface area (Å²) in [6.07, 6.45) is 1.43. The molecule has 2 rings (SSSR count). The van der Waals surface area contributed by atoms with Crippen LogP contribution in [0.1, 0.15) is 5.56 Å². The van der Waals surface area contributed by atoms with Crippen LogP contribution in [0, 0.1) is 0 Å². The molecule has 0 spiro atoms. The van der Waals surface area contributed by atoms with Crippen molar-refractivity contribution in [1.82, 2.24) is 0 Å². The molecular formula is C15H14O3S2. The van der Waals surface area contributed by atoms with E-state index in [1.165, 1.54) is 6.26 Å². The van der Waals surface area contributed by atoms with Crippen LogP contribution in [0.15, 0.2) is 65.6 Å². The number of carboxylic acids is 1. The van der Waals surface area contributed by atoms with Gasteiger partial charge < -0.3 is 5.11 Å². The standard InChI is InChI=1S/C15H14O3S2/c1-20(18)15(14(16)17,12-8-4-2-5-9-12)19-13-10-6-3-7-11-13/h2-11H,1H3,(H,16,17). The van der Waals surface area contributed by atoms with Crippen molar-refractivity contribution in [3.63, 3.8) is 0 Å². The molecule has 2 atom stereocenters. The van der Waals surface area contributed by atoms with Crippen molar-refractivity contribution in [2.75, 3.05) is 6.26 Å². The minimum absolute atomic E-state index is 0.530. The van der Waals surface area contributed by atoms with E-state index >= 15 is 0 Å². The van der Waals surface area contributed by atoms with Crippen LogP contribution in [0.3, 0.4) is 0 Å². The van der Waals surface area contributed by atoms with Crippen molar-refractivity contribution in [2.45, 2.75) is 8.97 Å². The maximum absolute atomic E-state index is 12.2. The smallest absolute Gasteiger partial charge is 0.337 e. The highest BCUT2D eigenvalue weighted by Crippen LogP contribution is 2.44. The molecule has 5 heteroatoms. The predicted molar refractivity (Wildman–Crippen MR) is 82.1 cm³/mol. The first kappa shape index (κ1) is 14.8. The second-order valence-corrected chi connectivity index (χ2v) is 7.22. The molecular weight excluding hydrogens is 292 g/mol. The second-order valence-electron chi connectivity index (χ2n) is 4.16. The summed E-state index contributed by atoms with van der Waals surface area (Å²) in [5, 5.41) is 9.70. The lowest BCUT2D eigenvalue weighted by Gasteiger charge is -2.27. The number of thioether (sulfide) groups is 1. The number of carbonyl (C=O) groups is 1. The van der Waals surface area contributed by atoms with Crippen molar-refractivity contribution in [1.29, 1.82) is 0 Å². The van der Waals surface area contributed by atoms with Gasteiger partial charge in [-0.2, -0.15) is 0 Å². The molecule has 0 aliphatic rings. The predicted octanol–water partition coefficient (Wildman–Crippen LogP) is 3.09. The summed E-state index contributed by atoms with van der Waals surface area (Å²) < 4.78 is 10.7. The molecule has 2 unspecified atom stereocenters. The van der Waals surface area contributed by atoms with E-state index in [1.807, 2.05) is 36.4 Å². The number of benzene rings is 2. The molecule has 3 nitrogen and oxygen atoms in total. The van der Waals surface area contributed by atoms with Crippen LogP contribution in [0.5, 0.6) is 0 Å². The number of hydrogen-bond donors (Lipinski definition) is 1. The zero-order valence-electron chi connectivity index (χ0n) is 10.9. The number of carboxylic acid groups (broad SMARTS) is 1. The van der Waals surface area contributed by atoms with Crippen LogP contribution in [0.2, 0.25) is 0 Å². The van der Waals surface area contributed by atoms with Gasteiger partial charge in [0.25, 0.3) is 0 Å². The molecule has 0 amide bonds. The van der Waals surface area contributed by atoms with Gasteiger partial charge in [0.1, 0.15) is 0 Å². The van der Waals surface area contributed by atoms with Gasteiger partial charge in [0.2, 0.25) is 4.08 Å². The molecule has 0 radical (unpaired) electrons. The Morgan fingerprint density at radius 3 is 2.00 bits per heavy atom. The van der Waals surface area contributed by atoms with Crippen LogP contribution in [-0.2, 0) is 19.7 Å². The van der Waals surface area contributed by atoms with Crippen LogP contribution in [0.4, 0.5) is 0 Å². The number of hydrogen-bond acceptors (Lipinski definition) is 3. The summed E-state index contributed by atoms with van der Waals surface area (Å²) in [5.74, 6) is -1.10. The van der Waals surface area contributed by atoms with Gasteiger partial charge >= 0.3 is 5.97 Å². The lowest BCUT2D eigenvalue weighted by Crippen LogP contribution is -2.36. The summed E-state index contributed by atoms with van der Waals surface area (Å²) in [4.78, 5) is 12.6. The van der Waals surface area contributed by atoms with E-state index in [2.05, 4.69) is 0 Å². The lowest BCUT2D eigenvalue weighted by molar-refractivity contribution is -0.137. The van der Waals surface area contributed by atoms with E-state index in [4.69, 9.17) is 0 Å². The van der Waals surface area contributed by atoms with E-state index < -0.39 is 20.8 Å². The Bertz CT molecular complexity index is 598. The van der Waals surface area contributed by atoms with E-state index in [1.54, 1.807) is 24.3 Å². The zero-order chi connectivity index (χ0) is 14.6. The molecule has 0 aliphatic heterocycles. The van der Waals surface area contributed by atoms with Crippen molar-refractivity contribution in [3.05, 3.63) is 66.2 Å². The summed E-state index contributed by atoms with van der Waals surface area (Å²) in [5.41, 5.74) is 0.530. The third-order valence-electron chi connectivity index (χ3n) is 2.84. The molecule has 0 saturated carbocycles. The van der Waals surface area contributed by atoms with Gasteiger partial charge in [-0.1, -0.05) is 60.3 Å². The highest BCUT2D eigenvalue weighted by atomic mass is 32.2. The molecule has 0 aromatic heterocycles. The fourth-order valence-corrected chi connectivity index (χ4v) is 4.32. The molecule has 0 fully saturated rings. The van der Waals surface area contributed by atoms with Gasteiger partial charge in [-0.3, -0.25) is 4.21 Å². The average Bonchev–Trinajstić information content (AvgIpc) is 2.46. The monoisotopic (exact) mass is 306 g/mol. The van der Waals surface area contributed by atoms with E-state index in [9.17, 15) is 14.1 Å². The van der Waals surface area contributed by atoms with Gasteiger partial charge in [0.15, 0.2) is 0 Å². The Labute approximate surface area is 124 Å². The summed E-state index contributed by atoms with van der Waals surface area (Å²) >= 11 is 1.11. The Morgan fingerprint density at radius 1 is 1.05 bits per heavy atom. The fourth-order valence-electron chi connectivity index (χ4n) is 1.89. The highest BCUT2D eigenvalue weighted by molar-refractivity contribution is 8.12. The molecule has 104 valence electrons. The maximum Gasteiger partial charge on any atom is 0.337 e. The molecule has 0 aliphatic carbocycles. The third kappa shape index (κ3) is 2.78. The molecule has 0 saturated heterocycles. The van der Waals surface area contributed by atoms with Crippen molar-refractivity contribution in [3.8, 4) is 0 Å². The minimum Gasteiger partial charge on any atom is -0.479 e. The Hall–Kier alpha value is -1.59. The quantitative estimate of drug-likeness (QED) is 0.863. The van der Waals surface area contributed by atoms with E-state index in [-0.39, 0.29) is 0 Å². The first-order valence-electron chi connectivity index (χ1n) is 5.94. The van der Waals surface area contributed by atoms with E-state index in [0.29, 0.717) is 5.56 Å². The summed E-state index contributed by atoms with van der Waals surface area (Å²) in [6, 6.07) is 17.9. The van der Waals surface area contributed by atoms with E-state index in [0.717, 1.165) is 16.7 Å². The topological polar surface area (TPSA) is 54.4 Å². The molecule has 0 bridgehead atoms. The summed E-state index contributed by atoms with van der Waals surface area (Å²) in [7, 11) is -1.58. The molecule has 1 N–H and O–H groups in total. The average molecular weight is 306 g/mol. The molecule has 2 aromatic carbocycles. The SMILES string of the molecule is CS(=O)C(Sc1ccccc1)(C(=O)O)c1ccccc1. The van der Waals surface area contributed by atoms with Gasteiger partial charge in [0.05, 0.1) is 10.8 Å². The Balaban J connectivity index is 2.55. The van der Waals surface area contributed by atoms with Crippen LogP contribution < -0.4 is 0 Å².